The van der Waals surface area contributed by atoms with Crippen LogP contribution in [0.15, 0.2) is 53.8 Å². The minimum Gasteiger partial charge on any atom is -0.396 e. The third kappa shape index (κ3) is 5.05. The number of hydrogen-bond donors (Lipinski definition) is 0. The van der Waals surface area contributed by atoms with Crippen molar-refractivity contribution in [1.29, 1.82) is 5.26 Å². The van der Waals surface area contributed by atoms with Crippen LogP contribution < -0.4 is 4.90 Å². The number of anilines is 1. The minimum atomic E-state index is 0.570. The highest BCUT2D eigenvalue weighted by Gasteiger charge is 2.20. The van der Waals surface area contributed by atoms with Crippen LogP contribution in [0.5, 0.6) is 0 Å². The van der Waals surface area contributed by atoms with Crippen LogP contribution in [0.3, 0.4) is 0 Å². The molecule has 0 atom stereocenters. The summed E-state index contributed by atoms with van der Waals surface area (Å²) >= 11 is 0. The van der Waals surface area contributed by atoms with Gasteiger partial charge >= 0.3 is 0 Å². The van der Waals surface area contributed by atoms with Crippen molar-refractivity contribution >= 4 is 11.5 Å². The number of nitriles is 1. The zero-order chi connectivity index (χ0) is 18.9. The normalized spacial score (nSPS) is 15.4. The molecule has 0 aliphatic carbocycles. The molecule has 1 aromatic carbocycles. The maximum atomic E-state index is 9.27. The molecule has 0 bridgehead atoms. The fourth-order valence-corrected chi connectivity index (χ4v) is 3.20. The molecule has 6 nitrogen and oxygen atoms in total. The summed E-state index contributed by atoms with van der Waals surface area (Å²) < 4.78 is 0. The van der Waals surface area contributed by atoms with Gasteiger partial charge in [0.25, 0.3) is 0 Å². The number of hydrogen-bond acceptors (Lipinski definition) is 6. The molecule has 2 heterocycles. The molecule has 1 saturated heterocycles. The lowest BCUT2D eigenvalue weighted by Gasteiger charge is -2.35. The van der Waals surface area contributed by atoms with E-state index in [1.807, 2.05) is 31.2 Å². The lowest BCUT2D eigenvalue weighted by Crippen LogP contribution is -2.47. The standard InChI is InChI=1S/C21H25N5O/c1-2-27-24-20(18-7-4-3-5-8-18)10-12-25-13-15-26(16-14-25)21-19(17-22)9-6-11-23-21/h3-9,11H,2,10,12-16H2,1H3/b24-20+. The average Bonchev–Trinajstić information content (AvgIpc) is 2.75. The van der Waals surface area contributed by atoms with Gasteiger partial charge in [0.05, 0.1) is 11.3 Å². The number of rotatable bonds is 7. The smallest absolute Gasteiger partial charge is 0.146 e. The first-order valence-electron chi connectivity index (χ1n) is 9.38. The molecule has 6 heteroatoms. The molecule has 1 fully saturated rings. The fraction of sp³-hybridized carbons (Fsp3) is 0.381. The summed E-state index contributed by atoms with van der Waals surface area (Å²) in [7, 11) is 0. The fourth-order valence-electron chi connectivity index (χ4n) is 3.20. The van der Waals surface area contributed by atoms with Gasteiger partial charge in [0.2, 0.25) is 0 Å². The second-order valence-corrected chi connectivity index (χ2v) is 6.39. The van der Waals surface area contributed by atoms with E-state index < -0.39 is 0 Å². The van der Waals surface area contributed by atoms with Gasteiger partial charge in [-0.3, -0.25) is 4.90 Å². The Morgan fingerprint density at radius 2 is 1.93 bits per heavy atom. The molecule has 1 aliphatic heterocycles. The average molecular weight is 363 g/mol. The van der Waals surface area contributed by atoms with Crippen LogP contribution >= 0.6 is 0 Å². The second kappa shape index (κ2) is 9.70. The Kier molecular flexibility index (Phi) is 6.78. The predicted molar refractivity (Wildman–Crippen MR) is 107 cm³/mol. The van der Waals surface area contributed by atoms with Gasteiger partial charge in [-0.1, -0.05) is 35.5 Å². The highest BCUT2D eigenvalue weighted by Crippen LogP contribution is 2.18. The van der Waals surface area contributed by atoms with Crippen LogP contribution in [0.1, 0.15) is 24.5 Å². The van der Waals surface area contributed by atoms with Crippen LogP contribution in [-0.2, 0) is 4.84 Å². The number of pyridine rings is 1. The van der Waals surface area contributed by atoms with Crippen molar-refractivity contribution in [3.8, 4) is 6.07 Å². The summed E-state index contributed by atoms with van der Waals surface area (Å²) in [5.74, 6) is 0.794. The summed E-state index contributed by atoms with van der Waals surface area (Å²) in [6, 6.07) is 16.1. The van der Waals surface area contributed by atoms with E-state index in [2.05, 4.69) is 38.1 Å². The van der Waals surface area contributed by atoms with E-state index in [-0.39, 0.29) is 0 Å². The van der Waals surface area contributed by atoms with E-state index in [9.17, 15) is 5.26 Å². The monoisotopic (exact) mass is 363 g/mol. The van der Waals surface area contributed by atoms with Gasteiger partial charge in [-0.15, -0.1) is 0 Å². The molecule has 27 heavy (non-hydrogen) atoms. The second-order valence-electron chi connectivity index (χ2n) is 6.39. The van der Waals surface area contributed by atoms with Crippen molar-refractivity contribution in [1.82, 2.24) is 9.88 Å². The van der Waals surface area contributed by atoms with E-state index >= 15 is 0 Å². The summed E-state index contributed by atoms with van der Waals surface area (Å²) in [5, 5.41) is 13.6. The third-order valence-electron chi connectivity index (χ3n) is 4.65. The van der Waals surface area contributed by atoms with Crippen LogP contribution in [0, 0.1) is 11.3 Å². The summed E-state index contributed by atoms with van der Waals surface area (Å²) in [6.45, 7) is 7.07. The number of piperazine rings is 1. The summed E-state index contributed by atoms with van der Waals surface area (Å²) in [5.41, 5.74) is 2.73. The Hall–Kier alpha value is -2.91. The Labute approximate surface area is 160 Å². The number of oxime groups is 1. The Morgan fingerprint density at radius 3 is 2.63 bits per heavy atom. The van der Waals surface area contributed by atoms with Gasteiger partial charge in [-0.25, -0.2) is 4.98 Å². The molecule has 0 amide bonds. The van der Waals surface area contributed by atoms with Gasteiger partial charge in [-0.05, 0) is 24.6 Å². The lowest BCUT2D eigenvalue weighted by atomic mass is 10.1. The van der Waals surface area contributed by atoms with Gasteiger partial charge in [0.1, 0.15) is 18.5 Å². The molecule has 0 spiro atoms. The first-order chi connectivity index (χ1) is 13.3. The molecule has 0 unspecified atom stereocenters. The molecule has 0 radical (unpaired) electrons. The number of aromatic nitrogens is 1. The van der Waals surface area contributed by atoms with Crippen molar-refractivity contribution in [2.24, 2.45) is 5.16 Å². The molecule has 140 valence electrons. The van der Waals surface area contributed by atoms with Crippen LogP contribution in [0.25, 0.3) is 0 Å². The van der Waals surface area contributed by atoms with Crippen molar-refractivity contribution in [2.45, 2.75) is 13.3 Å². The first kappa shape index (κ1) is 18.9. The van der Waals surface area contributed by atoms with E-state index in [4.69, 9.17) is 4.84 Å². The van der Waals surface area contributed by atoms with Gasteiger partial charge < -0.3 is 9.74 Å². The highest BCUT2D eigenvalue weighted by atomic mass is 16.6. The SMILES string of the molecule is CCO/N=C(\CCN1CCN(c2ncccc2C#N)CC1)c1ccccc1. The Balaban J connectivity index is 1.56. The van der Waals surface area contributed by atoms with Gasteiger partial charge in [0.15, 0.2) is 0 Å². The molecule has 1 aromatic heterocycles. The van der Waals surface area contributed by atoms with E-state index in [0.717, 1.165) is 56.2 Å². The predicted octanol–water partition coefficient (Wildman–Crippen LogP) is 2.91. The number of benzene rings is 1. The molecule has 0 N–H and O–H groups in total. The maximum absolute atomic E-state index is 9.27. The lowest BCUT2D eigenvalue weighted by molar-refractivity contribution is 0.157. The van der Waals surface area contributed by atoms with Crippen molar-refractivity contribution in [3.63, 3.8) is 0 Å². The first-order valence-corrected chi connectivity index (χ1v) is 9.38. The van der Waals surface area contributed by atoms with Crippen molar-refractivity contribution in [3.05, 3.63) is 59.8 Å². The zero-order valence-electron chi connectivity index (χ0n) is 15.7. The van der Waals surface area contributed by atoms with E-state index in [0.29, 0.717) is 12.2 Å². The van der Waals surface area contributed by atoms with Crippen LogP contribution in [0.2, 0.25) is 0 Å². The maximum Gasteiger partial charge on any atom is 0.146 e. The molecule has 3 rings (SSSR count). The topological polar surface area (TPSA) is 64.8 Å². The minimum absolute atomic E-state index is 0.570. The van der Waals surface area contributed by atoms with Gasteiger partial charge in [0, 0.05) is 45.3 Å². The van der Waals surface area contributed by atoms with Crippen molar-refractivity contribution in [2.75, 3.05) is 44.2 Å². The van der Waals surface area contributed by atoms with Crippen molar-refractivity contribution < 1.29 is 4.84 Å². The quantitative estimate of drug-likeness (QED) is 0.559. The van der Waals surface area contributed by atoms with Crippen LogP contribution in [0.4, 0.5) is 5.82 Å². The third-order valence-corrected chi connectivity index (χ3v) is 4.65. The van der Waals surface area contributed by atoms with Crippen LogP contribution in [-0.4, -0.2) is 54.9 Å². The summed E-state index contributed by atoms with van der Waals surface area (Å²) in [4.78, 5) is 14.3. The molecular formula is C21H25N5O. The zero-order valence-corrected chi connectivity index (χ0v) is 15.7. The molecule has 2 aromatic rings. The number of nitrogens with zero attached hydrogens (tertiary/aromatic N) is 5. The highest BCUT2D eigenvalue weighted by molar-refractivity contribution is 6.00. The Morgan fingerprint density at radius 1 is 1.15 bits per heavy atom. The summed E-state index contributed by atoms with van der Waals surface area (Å²) in [6.07, 6.45) is 2.59. The molecular weight excluding hydrogens is 338 g/mol. The Bertz CT molecular complexity index is 792. The molecule has 0 saturated carbocycles. The largest absolute Gasteiger partial charge is 0.396 e. The van der Waals surface area contributed by atoms with Gasteiger partial charge in [-0.2, -0.15) is 5.26 Å². The van der Waals surface area contributed by atoms with E-state index in [1.165, 1.54) is 0 Å². The van der Waals surface area contributed by atoms with E-state index in [1.54, 1.807) is 12.3 Å². The molecule has 1 aliphatic rings.